The Morgan fingerprint density at radius 2 is 1.44 bits per heavy atom. The summed E-state index contributed by atoms with van der Waals surface area (Å²) in [5.41, 5.74) is 1.56. The number of ketones is 1. The molecule has 0 spiro atoms. The van der Waals surface area contributed by atoms with Crippen LogP contribution >= 0.6 is 11.6 Å². The molecule has 0 heterocycles. The molecule has 1 amide bonds. The molecule has 0 atom stereocenters. The van der Waals surface area contributed by atoms with Gasteiger partial charge < -0.3 is 10.1 Å². The van der Waals surface area contributed by atoms with Crippen LogP contribution in [0.4, 0.5) is 17.1 Å². The van der Waals surface area contributed by atoms with E-state index in [4.69, 9.17) is 16.3 Å². The minimum atomic E-state index is -0.782. The van der Waals surface area contributed by atoms with Gasteiger partial charge in [0.25, 0.3) is 11.4 Å². The van der Waals surface area contributed by atoms with Gasteiger partial charge >= 0.3 is 5.97 Å². The minimum absolute atomic E-state index is 0.0144. The van der Waals surface area contributed by atoms with Gasteiger partial charge in [0.05, 0.1) is 16.3 Å². The Morgan fingerprint density at radius 3 is 2.03 bits per heavy atom. The number of rotatable bonds is 10. The number of carbonyl (C=O) groups is 3. The molecule has 36 heavy (non-hydrogen) atoms. The maximum Gasteiger partial charge on any atom is 0.306 e. The van der Waals surface area contributed by atoms with Crippen molar-refractivity contribution in [3.63, 3.8) is 0 Å². The first-order valence-corrected chi connectivity index (χ1v) is 10.8. The van der Waals surface area contributed by atoms with E-state index >= 15 is 0 Å². The van der Waals surface area contributed by atoms with E-state index in [9.17, 15) is 34.6 Å². The summed E-state index contributed by atoms with van der Waals surface area (Å²) >= 11 is 5.71. The van der Waals surface area contributed by atoms with Crippen molar-refractivity contribution in [2.75, 3.05) is 11.9 Å². The third kappa shape index (κ3) is 6.93. The predicted octanol–water partition coefficient (Wildman–Crippen LogP) is 4.97. The van der Waals surface area contributed by atoms with Crippen molar-refractivity contribution in [2.24, 2.45) is 0 Å². The second-order valence-electron chi connectivity index (χ2n) is 7.44. The highest BCUT2D eigenvalue weighted by molar-refractivity contribution is 6.32. The number of carbonyl (C=O) groups excluding carboxylic acids is 3. The normalized spacial score (nSPS) is 10.4. The number of hydrogen-bond donors (Lipinski definition) is 1. The molecule has 1 N–H and O–H groups in total. The Bertz CT molecular complexity index is 1320. The third-order valence-electron chi connectivity index (χ3n) is 4.97. The van der Waals surface area contributed by atoms with Crippen LogP contribution in [0.1, 0.15) is 23.2 Å². The monoisotopic (exact) mass is 511 g/mol. The molecule has 0 bridgehead atoms. The highest BCUT2D eigenvalue weighted by Crippen LogP contribution is 2.26. The van der Waals surface area contributed by atoms with E-state index in [1.165, 1.54) is 24.3 Å². The van der Waals surface area contributed by atoms with Crippen LogP contribution in [-0.2, 0) is 14.3 Å². The first kappa shape index (κ1) is 26.0. The van der Waals surface area contributed by atoms with Crippen molar-refractivity contribution in [3.8, 4) is 11.1 Å². The van der Waals surface area contributed by atoms with Crippen LogP contribution in [0.3, 0.4) is 0 Å². The average molecular weight is 512 g/mol. The van der Waals surface area contributed by atoms with Crippen molar-refractivity contribution in [2.45, 2.75) is 12.8 Å². The standard InChI is InChI=1S/C24H18ClN3O8/c25-20-10-5-17(13-21(20)28(34)35)22(29)14-36-24(31)12-11-23(30)26-18-6-1-15(2-7-18)16-3-8-19(9-4-16)27(32)33/h1-10,13H,11-12,14H2,(H,26,30). The molecule has 0 aliphatic rings. The zero-order valence-electron chi connectivity index (χ0n) is 18.5. The number of esters is 1. The molecular weight excluding hydrogens is 494 g/mol. The van der Waals surface area contributed by atoms with Crippen LogP contribution in [0.25, 0.3) is 11.1 Å². The Balaban J connectivity index is 1.45. The maximum atomic E-state index is 12.1. The summed E-state index contributed by atoms with van der Waals surface area (Å²) in [4.78, 5) is 56.7. The molecule has 0 saturated carbocycles. The summed E-state index contributed by atoms with van der Waals surface area (Å²) in [6, 6.07) is 16.3. The number of benzene rings is 3. The first-order chi connectivity index (χ1) is 17.1. The van der Waals surface area contributed by atoms with Crippen LogP contribution in [0.2, 0.25) is 5.02 Å². The number of nitrogens with zero attached hydrogens (tertiary/aromatic N) is 2. The van der Waals surface area contributed by atoms with Gasteiger partial charge in [-0.1, -0.05) is 23.7 Å². The lowest BCUT2D eigenvalue weighted by Crippen LogP contribution is -2.17. The number of nitrogens with one attached hydrogen (secondary N) is 1. The van der Waals surface area contributed by atoms with E-state index in [0.29, 0.717) is 5.69 Å². The smallest absolute Gasteiger partial charge is 0.306 e. The number of Topliss-reactive ketones (excluding diaryl/α,β-unsaturated/α-hetero) is 1. The van der Waals surface area contributed by atoms with E-state index in [-0.39, 0.29) is 29.1 Å². The van der Waals surface area contributed by atoms with Gasteiger partial charge in [-0.25, -0.2) is 0 Å². The molecule has 3 rings (SSSR count). The molecule has 0 fully saturated rings. The number of nitro benzene ring substituents is 2. The van der Waals surface area contributed by atoms with E-state index in [1.54, 1.807) is 36.4 Å². The molecular formula is C24H18ClN3O8. The lowest BCUT2D eigenvalue weighted by molar-refractivity contribution is -0.385. The van der Waals surface area contributed by atoms with Gasteiger partial charge in [0.1, 0.15) is 5.02 Å². The summed E-state index contributed by atoms with van der Waals surface area (Å²) in [7, 11) is 0. The topological polar surface area (TPSA) is 159 Å². The van der Waals surface area contributed by atoms with E-state index in [0.717, 1.165) is 17.2 Å². The summed E-state index contributed by atoms with van der Waals surface area (Å²) in [6.07, 6.45) is -0.468. The van der Waals surface area contributed by atoms with Gasteiger partial charge in [0.2, 0.25) is 11.7 Å². The molecule has 3 aromatic carbocycles. The molecule has 0 aromatic heterocycles. The summed E-state index contributed by atoms with van der Waals surface area (Å²) < 4.78 is 4.86. The largest absolute Gasteiger partial charge is 0.457 e. The summed E-state index contributed by atoms with van der Waals surface area (Å²) in [5, 5.41) is 24.2. The van der Waals surface area contributed by atoms with Crippen molar-refractivity contribution >= 4 is 46.3 Å². The molecule has 0 saturated heterocycles. The molecule has 0 aliphatic heterocycles. The number of hydrogen-bond acceptors (Lipinski definition) is 8. The second kappa shape index (κ2) is 11.7. The SMILES string of the molecule is O=C(CCC(=O)OCC(=O)c1ccc(Cl)c([N+](=O)[O-])c1)Nc1ccc(-c2ccc([N+](=O)[O-])cc2)cc1. The highest BCUT2D eigenvalue weighted by Gasteiger charge is 2.18. The first-order valence-electron chi connectivity index (χ1n) is 10.4. The zero-order valence-corrected chi connectivity index (χ0v) is 19.3. The minimum Gasteiger partial charge on any atom is -0.457 e. The number of amides is 1. The Kier molecular flexibility index (Phi) is 8.42. The van der Waals surface area contributed by atoms with Gasteiger partial charge in [-0.05, 0) is 47.5 Å². The third-order valence-corrected chi connectivity index (χ3v) is 5.28. The van der Waals surface area contributed by atoms with E-state index in [2.05, 4.69) is 5.32 Å². The fraction of sp³-hybridized carbons (Fsp3) is 0.125. The number of nitro groups is 2. The zero-order chi connectivity index (χ0) is 26.2. The van der Waals surface area contributed by atoms with Gasteiger partial charge in [-0.3, -0.25) is 34.6 Å². The predicted molar refractivity (Wildman–Crippen MR) is 130 cm³/mol. The maximum absolute atomic E-state index is 12.1. The van der Waals surface area contributed by atoms with Crippen LogP contribution in [0.5, 0.6) is 0 Å². The molecule has 0 unspecified atom stereocenters. The van der Waals surface area contributed by atoms with Crippen molar-refractivity contribution < 1.29 is 29.0 Å². The van der Waals surface area contributed by atoms with E-state index < -0.39 is 39.8 Å². The summed E-state index contributed by atoms with van der Waals surface area (Å²) in [6.45, 7) is -0.636. The average Bonchev–Trinajstić information content (AvgIpc) is 2.86. The van der Waals surface area contributed by atoms with Crippen molar-refractivity contribution in [1.29, 1.82) is 0 Å². The Hall–Kier alpha value is -4.64. The number of non-ortho nitro benzene ring substituents is 1. The fourth-order valence-corrected chi connectivity index (χ4v) is 3.27. The van der Waals surface area contributed by atoms with Gasteiger partial charge in [-0.15, -0.1) is 0 Å². The molecule has 0 aliphatic carbocycles. The highest BCUT2D eigenvalue weighted by atomic mass is 35.5. The molecule has 0 radical (unpaired) electrons. The molecule has 3 aromatic rings. The Labute approximate surface area is 208 Å². The van der Waals surface area contributed by atoms with Crippen molar-refractivity contribution in [1.82, 2.24) is 0 Å². The molecule has 11 nitrogen and oxygen atoms in total. The number of anilines is 1. The molecule has 184 valence electrons. The van der Waals surface area contributed by atoms with Crippen LogP contribution in [0.15, 0.2) is 66.7 Å². The second-order valence-corrected chi connectivity index (χ2v) is 7.84. The summed E-state index contributed by atoms with van der Waals surface area (Å²) in [5.74, 6) is -1.88. The van der Waals surface area contributed by atoms with Crippen LogP contribution in [0, 0.1) is 20.2 Å². The number of ether oxygens (including phenoxy) is 1. The number of halogens is 1. The van der Waals surface area contributed by atoms with Gasteiger partial charge in [-0.2, -0.15) is 0 Å². The quantitative estimate of drug-likeness (QED) is 0.173. The van der Waals surface area contributed by atoms with E-state index in [1.807, 2.05) is 0 Å². The van der Waals surface area contributed by atoms with Crippen LogP contribution < -0.4 is 5.32 Å². The van der Waals surface area contributed by atoms with Gasteiger partial charge in [0, 0.05) is 35.9 Å². The fourth-order valence-electron chi connectivity index (χ4n) is 3.09. The lowest BCUT2D eigenvalue weighted by atomic mass is 10.1. The van der Waals surface area contributed by atoms with Gasteiger partial charge in [0.15, 0.2) is 6.61 Å². The Morgan fingerprint density at radius 1 is 0.833 bits per heavy atom. The molecule has 12 heteroatoms. The lowest BCUT2D eigenvalue weighted by Gasteiger charge is -2.08. The van der Waals surface area contributed by atoms with Crippen molar-refractivity contribution in [3.05, 3.63) is 97.5 Å². The van der Waals surface area contributed by atoms with Crippen LogP contribution in [-0.4, -0.2) is 34.1 Å².